The Morgan fingerprint density at radius 1 is 1.35 bits per heavy atom. The van der Waals surface area contributed by atoms with Gasteiger partial charge in [-0.15, -0.1) is 0 Å². The molecule has 1 aliphatic carbocycles. The van der Waals surface area contributed by atoms with Crippen LogP contribution in [-0.2, 0) is 11.2 Å². The molecular formula is C16H18N2O2. The number of hydrogen-bond acceptors (Lipinski definition) is 3. The molecule has 1 aromatic heterocycles. The van der Waals surface area contributed by atoms with Crippen LogP contribution in [0.5, 0.6) is 0 Å². The minimum Gasteiger partial charge on any atom is -0.452 e. The van der Waals surface area contributed by atoms with E-state index >= 15 is 0 Å². The summed E-state index contributed by atoms with van der Waals surface area (Å²) in [6.45, 7) is 1.08. The second-order valence-corrected chi connectivity index (χ2v) is 5.70. The molecule has 0 radical (unpaired) electrons. The Kier molecular flexibility index (Phi) is 2.60. The minimum atomic E-state index is -0.279. The number of benzene rings is 1. The normalized spacial score (nSPS) is 24.4. The van der Waals surface area contributed by atoms with Crippen molar-refractivity contribution in [2.75, 3.05) is 13.7 Å². The van der Waals surface area contributed by atoms with Gasteiger partial charge in [0.05, 0.1) is 12.6 Å². The summed E-state index contributed by atoms with van der Waals surface area (Å²) in [7, 11) is 1.45. The lowest BCUT2D eigenvalue weighted by Crippen LogP contribution is -2.25. The number of ether oxygens (including phenoxy) is 1. The van der Waals surface area contributed by atoms with Gasteiger partial charge >= 0.3 is 6.09 Å². The zero-order valence-electron chi connectivity index (χ0n) is 11.6. The Labute approximate surface area is 117 Å². The van der Waals surface area contributed by atoms with Crippen molar-refractivity contribution >= 4 is 17.0 Å². The van der Waals surface area contributed by atoms with E-state index in [0.29, 0.717) is 12.0 Å². The van der Waals surface area contributed by atoms with Crippen molar-refractivity contribution in [2.24, 2.45) is 5.92 Å². The van der Waals surface area contributed by atoms with Crippen LogP contribution < -0.4 is 5.32 Å². The lowest BCUT2D eigenvalue weighted by molar-refractivity contribution is 0.172. The molecule has 2 aliphatic rings. The highest BCUT2D eigenvalue weighted by molar-refractivity contribution is 5.94. The number of hydrogen-bond donors (Lipinski definition) is 1. The molecule has 2 atom stereocenters. The molecular weight excluding hydrogens is 252 g/mol. The fraction of sp³-hybridized carbons (Fsp3) is 0.438. The molecule has 104 valence electrons. The van der Waals surface area contributed by atoms with E-state index in [2.05, 4.69) is 11.4 Å². The first kappa shape index (κ1) is 12.0. The Morgan fingerprint density at radius 2 is 2.20 bits per heavy atom. The molecule has 1 aliphatic heterocycles. The predicted molar refractivity (Wildman–Crippen MR) is 76.9 cm³/mol. The van der Waals surface area contributed by atoms with Gasteiger partial charge in [-0.25, -0.2) is 9.36 Å². The molecule has 1 aromatic carbocycles. The van der Waals surface area contributed by atoms with Crippen LogP contribution >= 0.6 is 0 Å². The maximum absolute atomic E-state index is 12.2. The van der Waals surface area contributed by atoms with E-state index in [4.69, 9.17) is 4.74 Å². The second-order valence-electron chi connectivity index (χ2n) is 5.70. The highest BCUT2D eigenvalue weighted by atomic mass is 16.5. The smallest absolute Gasteiger partial charge is 0.418 e. The van der Waals surface area contributed by atoms with Crippen LogP contribution in [0.3, 0.4) is 0 Å². The van der Waals surface area contributed by atoms with E-state index in [-0.39, 0.29) is 6.09 Å². The fourth-order valence-corrected chi connectivity index (χ4v) is 3.94. The Bertz CT molecular complexity index is 689. The number of carbonyl (C=O) groups excluding carboxylic acids is 1. The number of rotatable bonds is 0. The van der Waals surface area contributed by atoms with Gasteiger partial charge in [0.25, 0.3) is 0 Å². The number of para-hydroxylation sites is 1. The van der Waals surface area contributed by atoms with Crippen molar-refractivity contribution in [3.8, 4) is 0 Å². The molecule has 0 unspecified atom stereocenters. The first-order valence-corrected chi connectivity index (χ1v) is 7.25. The summed E-state index contributed by atoms with van der Waals surface area (Å²) < 4.78 is 6.75. The number of methoxy groups -OCH3 is 1. The number of fused-ring (bicyclic) bond motifs is 5. The van der Waals surface area contributed by atoms with Gasteiger partial charge in [-0.2, -0.15) is 0 Å². The lowest BCUT2D eigenvalue weighted by Gasteiger charge is -2.26. The van der Waals surface area contributed by atoms with Gasteiger partial charge in [-0.3, -0.25) is 0 Å². The van der Waals surface area contributed by atoms with Crippen molar-refractivity contribution in [3.63, 3.8) is 0 Å². The van der Waals surface area contributed by atoms with Crippen LogP contribution in [0.15, 0.2) is 24.3 Å². The third kappa shape index (κ3) is 1.48. The molecule has 4 nitrogen and oxygen atoms in total. The molecule has 20 heavy (non-hydrogen) atoms. The molecule has 4 rings (SSSR count). The van der Waals surface area contributed by atoms with Crippen LogP contribution in [0.2, 0.25) is 0 Å². The van der Waals surface area contributed by atoms with Gasteiger partial charge in [0.1, 0.15) is 0 Å². The molecule has 0 saturated carbocycles. The van der Waals surface area contributed by atoms with Gasteiger partial charge in [0.15, 0.2) is 0 Å². The third-order valence-electron chi connectivity index (χ3n) is 4.79. The lowest BCUT2D eigenvalue weighted by atomic mass is 9.82. The Hall–Kier alpha value is -1.81. The van der Waals surface area contributed by atoms with E-state index < -0.39 is 0 Å². The first-order chi connectivity index (χ1) is 9.81. The maximum Gasteiger partial charge on any atom is 0.418 e. The molecule has 1 N–H and O–H groups in total. The highest BCUT2D eigenvalue weighted by Gasteiger charge is 2.37. The number of aromatic nitrogens is 1. The van der Waals surface area contributed by atoms with E-state index in [9.17, 15) is 4.79 Å². The summed E-state index contributed by atoms with van der Waals surface area (Å²) in [5.41, 5.74) is 3.42. The van der Waals surface area contributed by atoms with Crippen LogP contribution in [0.25, 0.3) is 10.9 Å². The van der Waals surface area contributed by atoms with Crippen molar-refractivity contribution in [2.45, 2.75) is 25.3 Å². The largest absolute Gasteiger partial charge is 0.452 e. The van der Waals surface area contributed by atoms with Gasteiger partial charge in [0, 0.05) is 17.1 Å². The number of nitrogens with one attached hydrogen (secondary N) is 1. The molecule has 0 amide bonds. The van der Waals surface area contributed by atoms with Crippen LogP contribution in [0, 0.1) is 5.92 Å². The van der Waals surface area contributed by atoms with Crippen molar-refractivity contribution in [1.29, 1.82) is 0 Å². The average Bonchev–Trinajstić information content (AvgIpc) is 3.07. The van der Waals surface area contributed by atoms with E-state index in [1.165, 1.54) is 24.5 Å². The molecule has 0 spiro atoms. The summed E-state index contributed by atoms with van der Waals surface area (Å²) in [6.07, 6.45) is 3.07. The fourth-order valence-electron chi connectivity index (χ4n) is 3.94. The zero-order valence-corrected chi connectivity index (χ0v) is 11.6. The van der Waals surface area contributed by atoms with Crippen molar-refractivity contribution in [3.05, 3.63) is 35.5 Å². The van der Waals surface area contributed by atoms with Gasteiger partial charge < -0.3 is 10.1 Å². The van der Waals surface area contributed by atoms with Gasteiger partial charge in [-0.1, -0.05) is 18.2 Å². The second kappa shape index (κ2) is 4.35. The van der Waals surface area contributed by atoms with Crippen molar-refractivity contribution in [1.82, 2.24) is 9.88 Å². The monoisotopic (exact) mass is 270 g/mol. The molecule has 2 aromatic rings. The first-order valence-electron chi connectivity index (χ1n) is 7.25. The summed E-state index contributed by atoms with van der Waals surface area (Å²) in [5.74, 6) is 0.708. The summed E-state index contributed by atoms with van der Waals surface area (Å²) in [5, 5.41) is 4.80. The molecule has 4 heteroatoms. The third-order valence-corrected chi connectivity index (χ3v) is 4.79. The van der Waals surface area contributed by atoms with Crippen LogP contribution in [0.4, 0.5) is 4.79 Å². The summed E-state index contributed by atoms with van der Waals surface area (Å²) >= 11 is 0. The molecule has 1 fully saturated rings. The maximum atomic E-state index is 12.2. The number of nitrogens with zero attached hydrogens (tertiary/aromatic N) is 1. The van der Waals surface area contributed by atoms with Crippen molar-refractivity contribution < 1.29 is 9.53 Å². The van der Waals surface area contributed by atoms with E-state index in [0.717, 1.165) is 30.6 Å². The predicted octanol–water partition coefficient (Wildman–Crippen LogP) is 2.85. The highest BCUT2D eigenvalue weighted by Crippen LogP contribution is 2.44. The van der Waals surface area contributed by atoms with Crippen LogP contribution in [0.1, 0.15) is 30.1 Å². The quantitative estimate of drug-likeness (QED) is 0.800. The summed E-state index contributed by atoms with van der Waals surface area (Å²) in [6, 6.07) is 8.55. The van der Waals surface area contributed by atoms with E-state index in [1.54, 1.807) is 4.57 Å². The standard InChI is InChI=1S/C16H18N2O2/c1-20-16(19)18-12-5-3-2-4-11(12)14-13(18)7-6-10-8-9-17-15(10)14/h2-5,10,15,17H,6-9H2,1H3/t10-,15+/m0/s1. The van der Waals surface area contributed by atoms with E-state index in [1.807, 2.05) is 18.2 Å². The van der Waals surface area contributed by atoms with Crippen LogP contribution in [-0.4, -0.2) is 24.3 Å². The molecule has 0 bridgehead atoms. The Balaban J connectivity index is 2.02. The number of carbonyl (C=O) groups is 1. The Morgan fingerprint density at radius 3 is 3.05 bits per heavy atom. The zero-order chi connectivity index (χ0) is 13.7. The summed E-state index contributed by atoms with van der Waals surface area (Å²) in [4.78, 5) is 12.2. The SMILES string of the molecule is COC(=O)n1c2c(c3ccccc31)[C@@H]1NCC[C@@H]1CC2. The van der Waals surface area contributed by atoms with Gasteiger partial charge in [0.2, 0.25) is 0 Å². The molecule has 1 saturated heterocycles. The average molecular weight is 270 g/mol. The van der Waals surface area contributed by atoms with Gasteiger partial charge in [-0.05, 0) is 43.4 Å². The minimum absolute atomic E-state index is 0.279. The topological polar surface area (TPSA) is 43.3 Å². The molecule has 2 heterocycles.